The molecule has 33 heavy (non-hydrogen) atoms. The van der Waals surface area contributed by atoms with Gasteiger partial charge in [0.25, 0.3) is 5.91 Å². The minimum Gasteiger partial charge on any atom is -0.408 e. The van der Waals surface area contributed by atoms with Gasteiger partial charge in [0.15, 0.2) is 14.5 Å². The summed E-state index contributed by atoms with van der Waals surface area (Å²) in [4.78, 5) is 29.4. The molecule has 2 aliphatic rings. The second kappa shape index (κ2) is 8.46. The molecule has 2 saturated heterocycles. The maximum atomic E-state index is 12.9. The first kappa shape index (κ1) is 22.5. The highest BCUT2D eigenvalue weighted by molar-refractivity contribution is 6.74. The summed E-state index contributed by atoms with van der Waals surface area (Å²) in [6.45, 7) is 12.8. The SMILES string of the molecule is [2H]C(C)[C@]12CO[C@H]([C@H](n3ccc(NC(=O)c4ccccc4)nc3=O)O1)[C@H]2O[Si](C)(C)C(C)(C)C. The van der Waals surface area contributed by atoms with Crippen molar-refractivity contribution in [3.63, 3.8) is 0 Å². The molecule has 9 heteroatoms. The van der Waals surface area contributed by atoms with Crippen LogP contribution in [0.2, 0.25) is 18.1 Å². The summed E-state index contributed by atoms with van der Waals surface area (Å²) in [5.41, 5.74) is -1.08. The Hall–Kier alpha value is -2.33. The van der Waals surface area contributed by atoms with Crippen LogP contribution in [-0.4, -0.2) is 48.2 Å². The van der Waals surface area contributed by atoms with Crippen molar-refractivity contribution >= 4 is 20.0 Å². The van der Waals surface area contributed by atoms with Crippen LogP contribution < -0.4 is 11.0 Å². The lowest BCUT2D eigenvalue weighted by Gasteiger charge is -2.40. The van der Waals surface area contributed by atoms with Gasteiger partial charge in [-0.15, -0.1) is 0 Å². The Bertz CT molecular complexity index is 1120. The summed E-state index contributed by atoms with van der Waals surface area (Å²) in [6, 6.07) is 10.3. The quantitative estimate of drug-likeness (QED) is 0.640. The average Bonchev–Trinajstić information content (AvgIpc) is 3.26. The molecule has 1 aromatic carbocycles. The summed E-state index contributed by atoms with van der Waals surface area (Å²) < 4.78 is 29.0. The van der Waals surface area contributed by atoms with Crippen molar-refractivity contribution in [2.45, 2.75) is 76.3 Å². The topological polar surface area (TPSA) is 91.7 Å². The van der Waals surface area contributed by atoms with Crippen LogP contribution in [0.25, 0.3) is 0 Å². The smallest absolute Gasteiger partial charge is 0.351 e. The summed E-state index contributed by atoms with van der Waals surface area (Å²) in [5.74, 6) is -0.202. The van der Waals surface area contributed by atoms with Crippen LogP contribution in [-0.2, 0) is 13.9 Å². The van der Waals surface area contributed by atoms with Crippen LogP contribution in [0.4, 0.5) is 5.82 Å². The van der Waals surface area contributed by atoms with Gasteiger partial charge in [0.1, 0.15) is 23.6 Å². The third-order valence-electron chi connectivity index (χ3n) is 7.00. The first-order chi connectivity index (χ1) is 15.9. The molecule has 1 amide bonds. The van der Waals surface area contributed by atoms with Gasteiger partial charge in [-0.2, -0.15) is 4.98 Å². The van der Waals surface area contributed by atoms with Gasteiger partial charge in [-0.3, -0.25) is 9.36 Å². The number of ether oxygens (including phenoxy) is 2. The van der Waals surface area contributed by atoms with E-state index in [4.69, 9.17) is 15.3 Å². The van der Waals surface area contributed by atoms with Gasteiger partial charge in [-0.25, -0.2) is 4.79 Å². The van der Waals surface area contributed by atoms with E-state index in [9.17, 15) is 9.59 Å². The van der Waals surface area contributed by atoms with E-state index in [0.29, 0.717) is 5.56 Å². The van der Waals surface area contributed by atoms with Gasteiger partial charge in [-0.05, 0) is 42.7 Å². The Kier molecular flexibility index (Phi) is 5.76. The predicted molar refractivity (Wildman–Crippen MR) is 128 cm³/mol. The Balaban J connectivity index is 1.59. The molecule has 1 unspecified atom stereocenters. The lowest BCUT2D eigenvalue weighted by molar-refractivity contribution is -0.175. The van der Waals surface area contributed by atoms with E-state index in [1.165, 1.54) is 10.8 Å². The number of nitrogens with one attached hydrogen (secondary N) is 1. The molecule has 0 radical (unpaired) electrons. The Morgan fingerprint density at radius 2 is 2.03 bits per heavy atom. The van der Waals surface area contributed by atoms with E-state index in [-0.39, 0.29) is 23.4 Å². The fraction of sp³-hybridized carbons (Fsp3) is 0.542. The second-order valence-electron chi connectivity index (χ2n) is 10.1. The molecular weight excluding hydrogens is 438 g/mol. The van der Waals surface area contributed by atoms with Crippen molar-refractivity contribution in [1.29, 1.82) is 0 Å². The van der Waals surface area contributed by atoms with Crippen molar-refractivity contribution < 1.29 is 20.1 Å². The molecule has 0 saturated carbocycles. The molecule has 4 rings (SSSR count). The predicted octanol–water partition coefficient (Wildman–Crippen LogP) is 3.96. The fourth-order valence-electron chi connectivity index (χ4n) is 3.94. The minimum atomic E-state index is -2.20. The third-order valence-corrected chi connectivity index (χ3v) is 11.5. The van der Waals surface area contributed by atoms with Crippen LogP contribution in [0.3, 0.4) is 0 Å². The zero-order chi connectivity index (χ0) is 24.9. The van der Waals surface area contributed by atoms with Crippen molar-refractivity contribution in [3.05, 3.63) is 58.6 Å². The Morgan fingerprint density at radius 1 is 1.33 bits per heavy atom. The van der Waals surface area contributed by atoms with Gasteiger partial charge < -0.3 is 19.2 Å². The van der Waals surface area contributed by atoms with E-state index < -0.39 is 44.4 Å². The van der Waals surface area contributed by atoms with Crippen LogP contribution in [0.15, 0.2) is 47.4 Å². The molecule has 2 aromatic rings. The van der Waals surface area contributed by atoms with Crippen LogP contribution >= 0.6 is 0 Å². The van der Waals surface area contributed by atoms with Crippen molar-refractivity contribution in [2.75, 3.05) is 11.9 Å². The van der Waals surface area contributed by atoms with E-state index in [1.54, 1.807) is 37.3 Å². The lowest BCUT2D eigenvalue weighted by atomic mass is 9.96. The Labute approximate surface area is 196 Å². The summed E-state index contributed by atoms with van der Waals surface area (Å²) in [5, 5.41) is 2.61. The number of nitrogens with zero attached hydrogens (tertiary/aromatic N) is 2. The molecule has 0 spiro atoms. The third kappa shape index (κ3) is 4.30. The fourth-order valence-corrected chi connectivity index (χ4v) is 5.27. The maximum absolute atomic E-state index is 12.9. The minimum absolute atomic E-state index is 0.0337. The molecule has 3 heterocycles. The van der Waals surface area contributed by atoms with Gasteiger partial charge in [0.05, 0.1) is 6.61 Å². The number of aromatic nitrogens is 2. The zero-order valence-electron chi connectivity index (χ0n) is 21.0. The number of fused-ring (bicyclic) bond motifs is 2. The second-order valence-corrected chi connectivity index (χ2v) is 14.9. The molecule has 1 N–H and O–H groups in total. The largest absolute Gasteiger partial charge is 0.408 e. The van der Waals surface area contributed by atoms with E-state index in [0.717, 1.165) is 0 Å². The molecule has 8 nitrogen and oxygen atoms in total. The van der Waals surface area contributed by atoms with Crippen LogP contribution in [0.5, 0.6) is 0 Å². The molecule has 1 aromatic heterocycles. The van der Waals surface area contributed by atoms with Crippen molar-refractivity contribution in [3.8, 4) is 0 Å². The summed E-state index contributed by atoms with van der Waals surface area (Å²) in [6.07, 6.45) is -0.849. The molecule has 0 aliphatic carbocycles. The molecular formula is C24H33N3O5Si. The van der Waals surface area contributed by atoms with Gasteiger partial charge in [0.2, 0.25) is 0 Å². The van der Waals surface area contributed by atoms with Crippen LogP contribution in [0, 0.1) is 0 Å². The summed E-state index contributed by atoms with van der Waals surface area (Å²) in [7, 11) is -2.20. The molecule has 2 fully saturated rings. The number of anilines is 1. The molecule has 2 bridgehead atoms. The number of benzene rings is 1. The average molecular weight is 473 g/mol. The highest BCUT2D eigenvalue weighted by atomic mass is 28.4. The highest BCUT2D eigenvalue weighted by Gasteiger charge is 2.63. The van der Waals surface area contributed by atoms with Gasteiger partial charge in [-0.1, -0.05) is 45.9 Å². The number of carbonyl (C=O) groups excluding carboxylic acids is 1. The zero-order valence-corrected chi connectivity index (χ0v) is 21.0. The standard InChI is InChI=1S/C24H33N3O5Si/c1-7-24-15-30-18(19(24)32-33(5,6)23(2,3)4)21(31-24)27-14-13-17(26-22(27)29)25-20(28)16-11-9-8-10-12-16/h8-14,18-19,21H,7,15H2,1-6H3,(H,25,26,28,29)/t18-,19+,21+,24+/m0/s1/i7D/t7?,18-,19+,21+,24+. The van der Waals surface area contributed by atoms with E-state index in [2.05, 4.69) is 44.2 Å². The summed E-state index contributed by atoms with van der Waals surface area (Å²) >= 11 is 0. The van der Waals surface area contributed by atoms with Gasteiger partial charge >= 0.3 is 5.69 Å². The monoisotopic (exact) mass is 472 g/mol. The number of hydrogen-bond donors (Lipinski definition) is 1. The van der Waals surface area contributed by atoms with Crippen molar-refractivity contribution in [2.24, 2.45) is 0 Å². The molecule has 5 atom stereocenters. The molecule has 178 valence electrons. The molecule has 2 aliphatic heterocycles. The van der Waals surface area contributed by atoms with E-state index >= 15 is 0 Å². The van der Waals surface area contributed by atoms with E-state index in [1.807, 2.05) is 6.07 Å². The Morgan fingerprint density at radius 3 is 2.64 bits per heavy atom. The first-order valence-electron chi connectivity index (χ1n) is 11.8. The number of carbonyl (C=O) groups is 1. The lowest BCUT2D eigenvalue weighted by Crippen LogP contribution is -2.51. The number of amides is 1. The van der Waals surface area contributed by atoms with Crippen LogP contribution in [0.1, 0.15) is 52.0 Å². The highest BCUT2D eigenvalue weighted by Crippen LogP contribution is 2.50. The first-order valence-corrected chi connectivity index (χ1v) is 14.1. The normalized spacial score (nSPS) is 28.4. The van der Waals surface area contributed by atoms with Crippen molar-refractivity contribution in [1.82, 2.24) is 9.55 Å². The maximum Gasteiger partial charge on any atom is 0.351 e. The number of hydrogen-bond acceptors (Lipinski definition) is 6. The van der Waals surface area contributed by atoms with Gasteiger partial charge in [0, 0.05) is 13.1 Å². The number of rotatable bonds is 6.